The minimum atomic E-state index is -0.341. The highest BCUT2D eigenvalue weighted by Gasteiger charge is 2.34. The Labute approximate surface area is 162 Å². The highest BCUT2D eigenvalue weighted by Crippen LogP contribution is 2.41. The van der Waals surface area contributed by atoms with Crippen molar-refractivity contribution in [3.05, 3.63) is 81.7 Å². The van der Waals surface area contributed by atoms with Crippen LogP contribution < -0.4 is 9.80 Å². The van der Waals surface area contributed by atoms with Gasteiger partial charge in [-0.15, -0.1) is 0 Å². The summed E-state index contributed by atoms with van der Waals surface area (Å²) in [6, 6.07) is 16.2. The number of benzene rings is 2. The van der Waals surface area contributed by atoms with Crippen LogP contribution in [0.25, 0.3) is 0 Å². The zero-order valence-electron chi connectivity index (χ0n) is 15.3. The molecule has 28 heavy (non-hydrogen) atoms. The lowest BCUT2D eigenvalue weighted by Crippen LogP contribution is -2.32. The number of rotatable bonds is 3. The lowest BCUT2D eigenvalue weighted by atomic mass is 10.00. The summed E-state index contributed by atoms with van der Waals surface area (Å²) >= 11 is 0. The van der Waals surface area contributed by atoms with Crippen LogP contribution in [0.5, 0.6) is 0 Å². The maximum Gasteiger partial charge on any atom is 0.354 e. The Morgan fingerprint density at radius 3 is 2.36 bits per heavy atom. The molecule has 0 bridgehead atoms. The Hall–Kier alpha value is -3.48. The summed E-state index contributed by atoms with van der Waals surface area (Å²) in [7, 11) is 0. The first kappa shape index (κ1) is 16.7. The van der Waals surface area contributed by atoms with Gasteiger partial charge in [-0.2, -0.15) is 0 Å². The molecule has 0 spiro atoms. The quantitative estimate of drug-likeness (QED) is 0.515. The number of anilines is 3. The van der Waals surface area contributed by atoms with Crippen molar-refractivity contribution in [2.75, 3.05) is 22.9 Å². The molecule has 5 rings (SSSR count). The molecule has 0 radical (unpaired) electrons. The van der Waals surface area contributed by atoms with Gasteiger partial charge in [-0.25, -0.2) is 9.97 Å². The first-order chi connectivity index (χ1) is 13.7. The van der Waals surface area contributed by atoms with E-state index in [9.17, 15) is 10.1 Å². The van der Waals surface area contributed by atoms with Gasteiger partial charge in [0.05, 0.1) is 4.92 Å². The maximum absolute atomic E-state index is 12.1. The van der Waals surface area contributed by atoms with Crippen LogP contribution in [0.3, 0.4) is 0 Å². The second-order valence-corrected chi connectivity index (χ2v) is 7.10. The third-order valence-electron chi connectivity index (χ3n) is 5.54. The van der Waals surface area contributed by atoms with Gasteiger partial charge >= 0.3 is 5.69 Å². The van der Waals surface area contributed by atoms with Crippen LogP contribution in [0.15, 0.2) is 54.9 Å². The molecule has 2 aliphatic rings. The number of fused-ring (bicyclic) bond motifs is 2. The highest BCUT2D eigenvalue weighted by molar-refractivity contribution is 5.79. The zero-order chi connectivity index (χ0) is 19.1. The molecule has 0 saturated heterocycles. The third-order valence-corrected chi connectivity index (χ3v) is 5.54. The Morgan fingerprint density at radius 1 is 0.857 bits per heavy atom. The normalized spacial score (nSPS) is 15.3. The molecule has 7 nitrogen and oxygen atoms in total. The second-order valence-electron chi connectivity index (χ2n) is 7.10. The van der Waals surface area contributed by atoms with Crippen molar-refractivity contribution in [3.8, 4) is 0 Å². The summed E-state index contributed by atoms with van der Waals surface area (Å²) in [6.07, 6.45) is 3.14. The maximum atomic E-state index is 12.1. The van der Waals surface area contributed by atoms with Crippen molar-refractivity contribution in [2.45, 2.75) is 19.4 Å². The van der Waals surface area contributed by atoms with E-state index in [0.717, 1.165) is 18.5 Å². The van der Waals surface area contributed by atoms with E-state index in [1.54, 1.807) is 0 Å². The fourth-order valence-electron chi connectivity index (χ4n) is 4.19. The van der Waals surface area contributed by atoms with Crippen molar-refractivity contribution in [3.63, 3.8) is 0 Å². The molecule has 2 aromatic carbocycles. The predicted molar refractivity (Wildman–Crippen MR) is 107 cm³/mol. The van der Waals surface area contributed by atoms with Gasteiger partial charge in [0.2, 0.25) is 11.6 Å². The largest absolute Gasteiger partial charge is 0.354 e. The lowest BCUT2D eigenvalue weighted by Gasteiger charge is -2.30. The smallest absolute Gasteiger partial charge is 0.346 e. The molecule has 0 unspecified atom stereocenters. The fraction of sp³-hybridized carbons (Fsp3) is 0.238. The molecule has 3 heterocycles. The first-order valence-corrected chi connectivity index (χ1v) is 9.39. The lowest BCUT2D eigenvalue weighted by molar-refractivity contribution is -0.383. The summed E-state index contributed by atoms with van der Waals surface area (Å²) in [4.78, 5) is 24.3. The Balaban J connectivity index is 1.58. The van der Waals surface area contributed by atoms with Gasteiger partial charge in [0.25, 0.3) is 0 Å². The van der Waals surface area contributed by atoms with Crippen LogP contribution in [0, 0.1) is 10.1 Å². The van der Waals surface area contributed by atoms with Crippen molar-refractivity contribution in [1.82, 2.24) is 9.97 Å². The van der Waals surface area contributed by atoms with Gasteiger partial charge in [0.15, 0.2) is 0 Å². The van der Waals surface area contributed by atoms with E-state index < -0.39 is 0 Å². The number of nitro groups is 1. The Kier molecular flexibility index (Phi) is 3.93. The van der Waals surface area contributed by atoms with Gasteiger partial charge in [-0.3, -0.25) is 10.1 Å². The van der Waals surface area contributed by atoms with Crippen LogP contribution in [-0.2, 0) is 19.4 Å². The molecule has 0 N–H and O–H groups in total. The summed E-state index contributed by atoms with van der Waals surface area (Å²) < 4.78 is 0. The molecule has 2 aliphatic heterocycles. The van der Waals surface area contributed by atoms with Gasteiger partial charge in [-0.1, -0.05) is 42.5 Å². The molecule has 0 amide bonds. The molecule has 1 aromatic heterocycles. The summed E-state index contributed by atoms with van der Waals surface area (Å²) in [5.41, 5.74) is 4.64. The molecule has 0 saturated carbocycles. The van der Waals surface area contributed by atoms with E-state index in [1.807, 2.05) is 40.1 Å². The Morgan fingerprint density at radius 2 is 1.54 bits per heavy atom. The third kappa shape index (κ3) is 2.67. The average molecular weight is 373 g/mol. The van der Waals surface area contributed by atoms with Crippen LogP contribution in [0.1, 0.15) is 16.7 Å². The van der Waals surface area contributed by atoms with Gasteiger partial charge < -0.3 is 9.80 Å². The Bertz CT molecular complexity index is 1070. The zero-order valence-corrected chi connectivity index (χ0v) is 15.3. The van der Waals surface area contributed by atoms with E-state index in [0.29, 0.717) is 31.3 Å². The molecule has 140 valence electrons. The van der Waals surface area contributed by atoms with Crippen molar-refractivity contribution in [2.24, 2.45) is 0 Å². The molecule has 0 atom stereocenters. The minimum absolute atomic E-state index is 0.0152. The van der Waals surface area contributed by atoms with E-state index in [1.165, 1.54) is 23.0 Å². The van der Waals surface area contributed by atoms with Crippen LogP contribution >= 0.6 is 0 Å². The summed E-state index contributed by atoms with van der Waals surface area (Å²) in [5, 5.41) is 12.1. The van der Waals surface area contributed by atoms with Crippen molar-refractivity contribution in [1.29, 1.82) is 0 Å². The highest BCUT2D eigenvalue weighted by atomic mass is 16.6. The molecule has 3 aromatic rings. The number of para-hydroxylation sites is 1. The molecule has 0 aliphatic carbocycles. The molecular formula is C21H19N5O2. The molecular weight excluding hydrogens is 354 g/mol. The summed E-state index contributed by atoms with van der Waals surface area (Å²) in [5.74, 6) is 0.771. The SMILES string of the molecule is O=[N+]([O-])c1c(N2CCc3ccccc3C2)ncnc1N1CCc2ccccc21. The number of nitrogens with zero attached hydrogens (tertiary/aromatic N) is 5. The first-order valence-electron chi connectivity index (χ1n) is 9.39. The summed E-state index contributed by atoms with van der Waals surface area (Å²) in [6.45, 7) is 1.99. The number of hydrogen-bond donors (Lipinski definition) is 0. The van der Waals surface area contributed by atoms with Gasteiger partial charge in [0, 0.05) is 25.3 Å². The van der Waals surface area contributed by atoms with Crippen LogP contribution in [0.2, 0.25) is 0 Å². The van der Waals surface area contributed by atoms with Gasteiger partial charge in [-0.05, 0) is 35.6 Å². The second kappa shape index (κ2) is 6.60. The van der Waals surface area contributed by atoms with Crippen LogP contribution in [0.4, 0.5) is 23.0 Å². The van der Waals surface area contributed by atoms with E-state index in [-0.39, 0.29) is 10.6 Å². The predicted octanol–water partition coefficient (Wildman–Crippen LogP) is 3.64. The number of aromatic nitrogens is 2. The van der Waals surface area contributed by atoms with Crippen molar-refractivity contribution >= 4 is 23.0 Å². The average Bonchev–Trinajstić information content (AvgIpc) is 3.17. The standard InChI is InChI=1S/C21H19N5O2/c27-26(28)19-20(24-11-9-15-5-1-2-7-17(15)13-24)22-14-23-21(19)25-12-10-16-6-3-4-8-18(16)25/h1-8,14H,9-13H2. The number of hydrogen-bond acceptors (Lipinski definition) is 6. The molecule has 0 fully saturated rings. The van der Waals surface area contributed by atoms with E-state index in [4.69, 9.17) is 0 Å². The van der Waals surface area contributed by atoms with Crippen LogP contribution in [-0.4, -0.2) is 28.0 Å². The van der Waals surface area contributed by atoms with E-state index >= 15 is 0 Å². The molecule has 7 heteroatoms. The topological polar surface area (TPSA) is 75.4 Å². The van der Waals surface area contributed by atoms with Gasteiger partial charge in [0.1, 0.15) is 6.33 Å². The minimum Gasteiger partial charge on any atom is -0.346 e. The fourth-order valence-corrected chi connectivity index (χ4v) is 4.19. The van der Waals surface area contributed by atoms with E-state index in [2.05, 4.69) is 28.2 Å². The van der Waals surface area contributed by atoms with Crippen molar-refractivity contribution < 1.29 is 4.92 Å². The monoisotopic (exact) mass is 373 g/mol.